The van der Waals surface area contributed by atoms with Gasteiger partial charge in [0.2, 0.25) is 12.7 Å². The molecule has 6 heteroatoms. The normalized spacial score (nSPS) is 19.3. The molecule has 2 aliphatic heterocycles. The Bertz CT molecular complexity index is 870. The van der Waals surface area contributed by atoms with Crippen molar-refractivity contribution in [3.8, 4) is 11.5 Å². The molecule has 2 aromatic carbocycles. The van der Waals surface area contributed by atoms with Crippen molar-refractivity contribution in [3.63, 3.8) is 0 Å². The van der Waals surface area contributed by atoms with Gasteiger partial charge in [-0.3, -0.25) is 4.79 Å². The highest BCUT2D eigenvalue weighted by molar-refractivity contribution is 7.99. The van der Waals surface area contributed by atoms with Crippen molar-refractivity contribution < 1.29 is 14.3 Å². The second-order valence-electron chi connectivity index (χ2n) is 6.44. The van der Waals surface area contributed by atoms with Crippen LogP contribution in [0, 0.1) is 0 Å². The van der Waals surface area contributed by atoms with Crippen LogP contribution in [-0.4, -0.2) is 36.4 Å². The molecule has 0 aromatic heterocycles. The number of nitrogens with zero attached hydrogens (tertiary/aromatic N) is 1. The fourth-order valence-corrected chi connectivity index (χ4v) is 4.67. The van der Waals surface area contributed by atoms with Gasteiger partial charge in [-0.2, -0.15) is 11.8 Å². The van der Waals surface area contributed by atoms with E-state index in [9.17, 15) is 4.79 Å². The fraction of sp³-hybridized carbons (Fsp3) is 0.286. The molecule has 140 valence electrons. The number of carbonyl (C=O) groups is 1. The average Bonchev–Trinajstić information content (AvgIpc) is 3.01. The largest absolute Gasteiger partial charge is 0.454 e. The SMILES string of the molecule is O=C(C=Cc1ccccc1Cl)N1CCSC(c2ccc3c(c2)OCO3)CC1. The van der Waals surface area contributed by atoms with Gasteiger partial charge in [0.05, 0.1) is 0 Å². The predicted molar refractivity (Wildman–Crippen MR) is 109 cm³/mol. The van der Waals surface area contributed by atoms with Gasteiger partial charge in [-0.1, -0.05) is 35.9 Å². The molecular weight excluding hydrogens is 382 g/mol. The molecule has 1 fully saturated rings. The second kappa shape index (κ2) is 8.28. The van der Waals surface area contributed by atoms with Gasteiger partial charge in [0.25, 0.3) is 0 Å². The van der Waals surface area contributed by atoms with Gasteiger partial charge in [0, 0.05) is 35.2 Å². The zero-order valence-corrected chi connectivity index (χ0v) is 16.3. The summed E-state index contributed by atoms with van der Waals surface area (Å²) in [7, 11) is 0. The number of rotatable bonds is 3. The Balaban J connectivity index is 1.39. The van der Waals surface area contributed by atoms with E-state index in [1.165, 1.54) is 5.56 Å². The first-order valence-electron chi connectivity index (χ1n) is 8.93. The van der Waals surface area contributed by atoms with Crippen LogP contribution in [0.3, 0.4) is 0 Å². The van der Waals surface area contributed by atoms with Crippen LogP contribution in [0.1, 0.15) is 22.8 Å². The lowest BCUT2D eigenvalue weighted by atomic mass is 10.1. The van der Waals surface area contributed by atoms with Gasteiger partial charge in [0.15, 0.2) is 11.5 Å². The molecule has 2 aromatic rings. The van der Waals surface area contributed by atoms with E-state index in [1.54, 1.807) is 12.2 Å². The number of benzene rings is 2. The molecule has 0 spiro atoms. The number of amides is 1. The Labute approximate surface area is 168 Å². The zero-order valence-electron chi connectivity index (χ0n) is 14.8. The topological polar surface area (TPSA) is 38.8 Å². The summed E-state index contributed by atoms with van der Waals surface area (Å²) in [4.78, 5) is 14.5. The highest BCUT2D eigenvalue weighted by Gasteiger charge is 2.23. The Morgan fingerprint density at radius 1 is 1.15 bits per heavy atom. The van der Waals surface area contributed by atoms with Crippen molar-refractivity contribution >= 4 is 35.3 Å². The molecule has 1 atom stereocenters. The minimum absolute atomic E-state index is 0.0295. The Hall–Kier alpha value is -2.11. The van der Waals surface area contributed by atoms with E-state index in [1.807, 2.05) is 47.0 Å². The van der Waals surface area contributed by atoms with Gasteiger partial charge >= 0.3 is 0 Å². The van der Waals surface area contributed by atoms with Gasteiger partial charge in [-0.05, 0) is 41.8 Å². The summed E-state index contributed by atoms with van der Waals surface area (Å²) in [5.41, 5.74) is 2.08. The first kappa shape index (κ1) is 18.3. The number of thioether (sulfide) groups is 1. The van der Waals surface area contributed by atoms with Crippen molar-refractivity contribution in [2.24, 2.45) is 0 Å². The third kappa shape index (κ3) is 4.25. The van der Waals surface area contributed by atoms with Crippen LogP contribution < -0.4 is 9.47 Å². The quantitative estimate of drug-likeness (QED) is 0.693. The molecule has 0 bridgehead atoms. The lowest BCUT2D eigenvalue weighted by Gasteiger charge is -2.18. The van der Waals surface area contributed by atoms with Crippen molar-refractivity contribution in [1.82, 2.24) is 4.90 Å². The summed E-state index contributed by atoms with van der Waals surface area (Å²) in [5.74, 6) is 2.55. The van der Waals surface area contributed by atoms with E-state index in [0.717, 1.165) is 42.3 Å². The maximum atomic E-state index is 12.6. The Morgan fingerprint density at radius 2 is 2.00 bits per heavy atom. The fourth-order valence-electron chi connectivity index (χ4n) is 3.25. The molecule has 0 N–H and O–H groups in total. The molecule has 2 aliphatic rings. The molecule has 27 heavy (non-hydrogen) atoms. The van der Waals surface area contributed by atoms with Crippen molar-refractivity contribution in [2.45, 2.75) is 11.7 Å². The van der Waals surface area contributed by atoms with Crippen molar-refractivity contribution in [2.75, 3.05) is 25.6 Å². The summed E-state index contributed by atoms with van der Waals surface area (Å²) in [6.07, 6.45) is 4.32. The number of hydrogen-bond donors (Lipinski definition) is 0. The summed E-state index contributed by atoms with van der Waals surface area (Å²) in [5, 5.41) is 1.00. The summed E-state index contributed by atoms with van der Waals surface area (Å²) in [6.45, 7) is 1.77. The van der Waals surface area contributed by atoms with Crippen LogP contribution in [0.2, 0.25) is 5.02 Å². The lowest BCUT2D eigenvalue weighted by Crippen LogP contribution is -2.31. The lowest BCUT2D eigenvalue weighted by molar-refractivity contribution is -0.125. The third-order valence-corrected chi connectivity index (χ3v) is 6.40. The number of ether oxygens (including phenoxy) is 2. The number of halogens is 1. The van der Waals surface area contributed by atoms with Crippen LogP contribution >= 0.6 is 23.4 Å². The van der Waals surface area contributed by atoms with Crippen LogP contribution in [0.4, 0.5) is 0 Å². The zero-order chi connectivity index (χ0) is 18.6. The summed E-state index contributed by atoms with van der Waals surface area (Å²) < 4.78 is 10.9. The van der Waals surface area contributed by atoms with Crippen LogP contribution in [-0.2, 0) is 4.79 Å². The smallest absolute Gasteiger partial charge is 0.246 e. The van der Waals surface area contributed by atoms with Gasteiger partial charge in [0.1, 0.15) is 0 Å². The number of hydrogen-bond acceptors (Lipinski definition) is 4. The molecule has 0 radical (unpaired) electrons. The van der Waals surface area contributed by atoms with E-state index in [4.69, 9.17) is 21.1 Å². The summed E-state index contributed by atoms with van der Waals surface area (Å²) in [6, 6.07) is 13.6. The van der Waals surface area contributed by atoms with Gasteiger partial charge < -0.3 is 14.4 Å². The van der Waals surface area contributed by atoms with Gasteiger partial charge in [-0.15, -0.1) is 0 Å². The van der Waals surface area contributed by atoms with Crippen LogP contribution in [0.5, 0.6) is 11.5 Å². The van der Waals surface area contributed by atoms with E-state index >= 15 is 0 Å². The van der Waals surface area contributed by atoms with Crippen LogP contribution in [0.25, 0.3) is 6.08 Å². The highest BCUT2D eigenvalue weighted by Crippen LogP contribution is 2.40. The van der Waals surface area contributed by atoms with Crippen LogP contribution in [0.15, 0.2) is 48.5 Å². The molecule has 0 aliphatic carbocycles. The number of fused-ring (bicyclic) bond motifs is 1. The molecule has 4 rings (SSSR count). The minimum atomic E-state index is 0.0295. The Morgan fingerprint density at radius 3 is 2.89 bits per heavy atom. The minimum Gasteiger partial charge on any atom is -0.454 e. The maximum absolute atomic E-state index is 12.6. The molecule has 4 nitrogen and oxygen atoms in total. The monoisotopic (exact) mass is 401 g/mol. The van der Waals surface area contributed by atoms with E-state index in [0.29, 0.717) is 10.3 Å². The highest BCUT2D eigenvalue weighted by atomic mass is 35.5. The Kier molecular flexibility index (Phi) is 5.60. The molecule has 2 heterocycles. The molecule has 1 amide bonds. The maximum Gasteiger partial charge on any atom is 0.246 e. The standard InChI is InChI=1S/C21H20ClNO3S/c22-17-4-2-1-3-15(17)6-8-21(24)23-10-9-20(27-12-11-23)16-5-7-18-19(13-16)26-14-25-18/h1-8,13,20H,9-12,14H2. The first-order chi connectivity index (χ1) is 13.2. The average molecular weight is 402 g/mol. The van der Waals surface area contributed by atoms with Crippen molar-refractivity contribution in [1.29, 1.82) is 0 Å². The predicted octanol–water partition coefficient (Wildman–Crippen LogP) is 4.79. The van der Waals surface area contributed by atoms with Gasteiger partial charge in [-0.25, -0.2) is 0 Å². The molecule has 1 unspecified atom stereocenters. The molecular formula is C21H20ClNO3S. The number of carbonyl (C=O) groups excluding carboxylic acids is 1. The van der Waals surface area contributed by atoms with E-state index < -0.39 is 0 Å². The first-order valence-corrected chi connectivity index (χ1v) is 10.4. The summed E-state index contributed by atoms with van der Waals surface area (Å²) >= 11 is 8.03. The van der Waals surface area contributed by atoms with E-state index in [2.05, 4.69) is 12.1 Å². The molecule has 0 saturated carbocycles. The third-order valence-electron chi connectivity index (χ3n) is 4.73. The van der Waals surface area contributed by atoms with Crippen molar-refractivity contribution in [3.05, 3.63) is 64.7 Å². The second-order valence-corrected chi connectivity index (χ2v) is 8.16. The molecule has 1 saturated heterocycles. The van der Waals surface area contributed by atoms with E-state index in [-0.39, 0.29) is 12.7 Å².